The highest BCUT2D eigenvalue weighted by atomic mass is 35.5. The van der Waals surface area contributed by atoms with Crippen molar-refractivity contribution in [3.8, 4) is 5.88 Å². The number of aryl methyl sites for hydroxylation is 1. The van der Waals surface area contributed by atoms with E-state index in [9.17, 15) is 9.59 Å². The molecule has 5 nitrogen and oxygen atoms in total. The molecule has 1 aromatic carbocycles. The molecule has 116 valence electrons. The highest BCUT2D eigenvalue weighted by Gasteiger charge is 2.18. The molecule has 22 heavy (non-hydrogen) atoms. The topological polar surface area (TPSA) is 60.7 Å². The van der Waals surface area contributed by atoms with Gasteiger partial charge >= 0.3 is 5.97 Å². The van der Waals surface area contributed by atoms with Crippen molar-refractivity contribution in [3.63, 3.8) is 0 Å². The number of hydrogen-bond donors (Lipinski definition) is 0. The van der Waals surface area contributed by atoms with Crippen molar-refractivity contribution in [1.29, 1.82) is 0 Å². The number of carbonyl (C=O) groups excluding carboxylic acids is 2. The molecule has 0 aliphatic heterocycles. The molecule has 2 aromatic rings. The minimum atomic E-state index is -0.472. The van der Waals surface area contributed by atoms with Crippen LogP contribution in [0.4, 0.5) is 5.69 Å². The average molecular weight is 339 g/mol. The van der Waals surface area contributed by atoms with Gasteiger partial charge in [0.15, 0.2) is 4.80 Å². The van der Waals surface area contributed by atoms with Gasteiger partial charge in [0.05, 0.1) is 10.6 Å². The monoisotopic (exact) mass is 338 g/mol. The molecule has 0 aliphatic rings. The fraction of sp³-hybridized carbons (Fsp3) is 0.267. The summed E-state index contributed by atoms with van der Waals surface area (Å²) in [5.41, 5.74) is 0.665. The minimum absolute atomic E-state index is 0.250. The predicted octanol–water partition coefficient (Wildman–Crippen LogP) is 3.58. The van der Waals surface area contributed by atoms with Crippen molar-refractivity contribution in [2.24, 2.45) is 4.99 Å². The van der Waals surface area contributed by atoms with Crippen LogP contribution in [0.2, 0.25) is 5.02 Å². The van der Waals surface area contributed by atoms with E-state index in [-0.39, 0.29) is 11.8 Å². The lowest BCUT2D eigenvalue weighted by molar-refractivity contribution is -0.132. The average Bonchev–Trinajstić information content (AvgIpc) is 2.78. The van der Waals surface area contributed by atoms with E-state index in [1.807, 2.05) is 6.92 Å². The van der Waals surface area contributed by atoms with Gasteiger partial charge < -0.3 is 4.74 Å². The van der Waals surface area contributed by atoms with Gasteiger partial charge in [-0.2, -0.15) is 0 Å². The van der Waals surface area contributed by atoms with Crippen molar-refractivity contribution < 1.29 is 14.3 Å². The Labute approximate surface area is 136 Å². The van der Waals surface area contributed by atoms with Crippen LogP contribution in [0.5, 0.6) is 5.88 Å². The maximum Gasteiger partial charge on any atom is 0.309 e. The van der Waals surface area contributed by atoms with E-state index in [1.54, 1.807) is 24.3 Å². The number of carbonyl (C=O) groups is 2. The Bertz CT molecular complexity index is 775. The molecule has 7 heteroatoms. The van der Waals surface area contributed by atoms with Crippen molar-refractivity contribution in [1.82, 2.24) is 4.57 Å². The molecule has 1 aromatic heterocycles. The van der Waals surface area contributed by atoms with E-state index in [4.69, 9.17) is 16.3 Å². The molecule has 0 unspecified atom stereocenters. The lowest BCUT2D eigenvalue weighted by atomic mass is 10.3. The van der Waals surface area contributed by atoms with Crippen LogP contribution < -0.4 is 9.54 Å². The molecule has 0 fully saturated rings. The third-order valence-corrected chi connectivity index (χ3v) is 4.19. The summed E-state index contributed by atoms with van der Waals surface area (Å²) in [4.78, 5) is 28.9. The lowest BCUT2D eigenvalue weighted by Crippen LogP contribution is -2.22. The first-order valence-corrected chi connectivity index (χ1v) is 7.86. The van der Waals surface area contributed by atoms with Crippen LogP contribution >= 0.6 is 22.9 Å². The fourth-order valence-electron chi connectivity index (χ4n) is 1.85. The Morgan fingerprint density at radius 2 is 1.91 bits per heavy atom. The van der Waals surface area contributed by atoms with Crippen LogP contribution in [0.15, 0.2) is 29.3 Å². The van der Waals surface area contributed by atoms with Crippen LogP contribution in [0, 0.1) is 0 Å². The van der Waals surface area contributed by atoms with E-state index in [0.717, 1.165) is 4.88 Å². The highest BCUT2D eigenvalue weighted by Crippen LogP contribution is 2.24. The van der Waals surface area contributed by atoms with Crippen molar-refractivity contribution >= 4 is 40.5 Å². The second-order valence-electron chi connectivity index (χ2n) is 4.50. The Morgan fingerprint density at radius 3 is 2.41 bits per heavy atom. The SMILES string of the molecule is CCc1sc(=Nc2ccc(Cl)cc2)n(C(C)=O)c1OC(C)=O. The highest BCUT2D eigenvalue weighted by molar-refractivity contribution is 7.09. The Hall–Kier alpha value is -1.92. The molecule has 0 radical (unpaired) electrons. The van der Waals surface area contributed by atoms with Crippen molar-refractivity contribution in [2.75, 3.05) is 0 Å². The van der Waals surface area contributed by atoms with Gasteiger partial charge in [-0.1, -0.05) is 29.9 Å². The molecule has 0 N–H and O–H groups in total. The first-order valence-electron chi connectivity index (χ1n) is 6.66. The summed E-state index contributed by atoms with van der Waals surface area (Å²) in [6.45, 7) is 4.63. The molecule has 0 amide bonds. The summed E-state index contributed by atoms with van der Waals surface area (Å²) in [5.74, 6) is -0.485. The van der Waals surface area contributed by atoms with Gasteiger partial charge in [0.1, 0.15) is 0 Å². The van der Waals surface area contributed by atoms with Crippen LogP contribution in [-0.4, -0.2) is 16.4 Å². The summed E-state index contributed by atoms with van der Waals surface area (Å²) in [5, 5.41) is 0.611. The molecule has 0 bridgehead atoms. The molecule has 0 atom stereocenters. The number of hydrogen-bond acceptors (Lipinski definition) is 5. The maximum absolute atomic E-state index is 11.9. The lowest BCUT2D eigenvalue weighted by Gasteiger charge is -2.05. The predicted molar refractivity (Wildman–Crippen MR) is 86.0 cm³/mol. The summed E-state index contributed by atoms with van der Waals surface area (Å²) in [7, 11) is 0. The van der Waals surface area contributed by atoms with Gasteiger partial charge in [0.25, 0.3) is 0 Å². The van der Waals surface area contributed by atoms with Gasteiger partial charge in [-0.3, -0.25) is 9.59 Å². The number of ether oxygens (including phenoxy) is 1. The second-order valence-corrected chi connectivity index (χ2v) is 6.00. The zero-order valence-electron chi connectivity index (χ0n) is 12.4. The van der Waals surface area contributed by atoms with E-state index in [1.165, 1.54) is 29.8 Å². The first kappa shape index (κ1) is 16.5. The standard InChI is InChI=1S/C15H15ClN2O3S/c1-4-13-14(21-10(3)20)18(9(2)19)15(22-13)17-12-7-5-11(16)6-8-12/h5-8H,4H2,1-3H3. The molecule has 1 heterocycles. The number of rotatable bonds is 3. The first-order chi connectivity index (χ1) is 10.4. The third-order valence-electron chi connectivity index (χ3n) is 2.78. The molecule has 2 rings (SSSR count). The minimum Gasteiger partial charge on any atom is -0.408 e. The number of thiazole rings is 1. The molecule has 0 aliphatic carbocycles. The Kier molecular flexibility index (Phi) is 5.15. The van der Waals surface area contributed by atoms with Crippen LogP contribution in [0.3, 0.4) is 0 Å². The zero-order valence-corrected chi connectivity index (χ0v) is 14.0. The Morgan fingerprint density at radius 1 is 1.27 bits per heavy atom. The number of halogens is 1. The molecular formula is C15H15ClN2O3S. The van der Waals surface area contributed by atoms with Crippen LogP contribution in [-0.2, 0) is 11.2 Å². The number of nitrogens with zero attached hydrogens (tertiary/aromatic N) is 2. The number of aromatic nitrogens is 1. The van der Waals surface area contributed by atoms with Gasteiger partial charge in [0.2, 0.25) is 11.8 Å². The van der Waals surface area contributed by atoms with Crippen LogP contribution in [0.1, 0.15) is 30.4 Å². The quantitative estimate of drug-likeness (QED) is 0.803. The van der Waals surface area contributed by atoms with Crippen LogP contribution in [0.25, 0.3) is 0 Å². The van der Waals surface area contributed by atoms with Gasteiger partial charge in [-0.15, -0.1) is 0 Å². The van der Waals surface area contributed by atoms with E-state index < -0.39 is 5.97 Å². The Balaban J connectivity index is 2.64. The van der Waals surface area contributed by atoms with Gasteiger partial charge in [-0.25, -0.2) is 9.56 Å². The van der Waals surface area contributed by atoms with Crippen molar-refractivity contribution in [2.45, 2.75) is 27.2 Å². The summed E-state index contributed by atoms with van der Waals surface area (Å²) < 4.78 is 6.52. The molecular weight excluding hydrogens is 324 g/mol. The summed E-state index contributed by atoms with van der Waals surface area (Å²) in [6.07, 6.45) is 0.636. The number of esters is 1. The van der Waals surface area contributed by atoms with E-state index >= 15 is 0 Å². The summed E-state index contributed by atoms with van der Waals surface area (Å²) in [6, 6.07) is 6.95. The van der Waals surface area contributed by atoms with Crippen molar-refractivity contribution in [3.05, 3.63) is 39.0 Å². The maximum atomic E-state index is 11.9. The molecule has 0 saturated heterocycles. The zero-order chi connectivity index (χ0) is 16.3. The van der Waals surface area contributed by atoms with E-state index in [0.29, 0.717) is 21.9 Å². The van der Waals surface area contributed by atoms with E-state index in [2.05, 4.69) is 4.99 Å². The third kappa shape index (κ3) is 3.64. The van der Waals surface area contributed by atoms with Gasteiger partial charge in [-0.05, 0) is 30.7 Å². The number of benzene rings is 1. The fourth-order valence-corrected chi connectivity index (χ4v) is 3.01. The smallest absolute Gasteiger partial charge is 0.309 e. The second kappa shape index (κ2) is 6.89. The molecule has 0 spiro atoms. The normalized spacial score (nSPS) is 11.5. The largest absolute Gasteiger partial charge is 0.408 e. The molecule has 0 saturated carbocycles. The van der Waals surface area contributed by atoms with Gasteiger partial charge in [0, 0.05) is 18.9 Å². The summed E-state index contributed by atoms with van der Waals surface area (Å²) >= 11 is 7.17.